The van der Waals surface area contributed by atoms with Gasteiger partial charge >= 0.3 is 6.03 Å². The molecular weight excluding hydrogens is 280 g/mol. The van der Waals surface area contributed by atoms with E-state index >= 15 is 0 Å². The van der Waals surface area contributed by atoms with Crippen molar-refractivity contribution in [3.8, 4) is 0 Å². The molecule has 0 spiro atoms. The number of nitrogens with one attached hydrogen (secondary N) is 2. The Morgan fingerprint density at radius 3 is 2.91 bits per heavy atom. The highest BCUT2D eigenvalue weighted by molar-refractivity contribution is 5.88. The zero-order chi connectivity index (χ0) is 15.4. The van der Waals surface area contributed by atoms with Crippen molar-refractivity contribution in [1.82, 2.24) is 25.2 Å². The van der Waals surface area contributed by atoms with E-state index in [0.29, 0.717) is 5.82 Å². The van der Waals surface area contributed by atoms with Crippen LogP contribution in [0.3, 0.4) is 0 Å². The van der Waals surface area contributed by atoms with E-state index < -0.39 is 0 Å². The molecule has 7 nitrogen and oxygen atoms in total. The number of aryl methyl sites for hydroxylation is 1. The quantitative estimate of drug-likeness (QED) is 0.890. The fourth-order valence-electron chi connectivity index (χ4n) is 2.68. The molecule has 0 aliphatic carbocycles. The number of benzene rings is 1. The summed E-state index contributed by atoms with van der Waals surface area (Å²) in [7, 11) is 1.76. The molecule has 0 bridgehead atoms. The van der Waals surface area contributed by atoms with Crippen molar-refractivity contribution in [2.24, 2.45) is 7.05 Å². The summed E-state index contributed by atoms with van der Waals surface area (Å²) < 4.78 is 1.55. The van der Waals surface area contributed by atoms with Crippen LogP contribution < -0.4 is 10.6 Å². The van der Waals surface area contributed by atoms with Crippen molar-refractivity contribution in [2.45, 2.75) is 19.0 Å². The van der Waals surface area contributed by atoms with Gasteiger partial charge in [-0.15, -0.1) is 5.10 Å². The Bertz CT molecular complexity index is 626. The van der Waals surface area contributed by atoms with Crippen molar-refractivity contribution in [3.05, 3.63) is 42.1 Å². The number of anilines is 1. The van der Waals surface area contributed by atoms with Gasteiger partial charge in [0.1, 0.15) is 0 Å². The van der Waals surface area contributed by atoms with Crippen LogP contribution in [0.5, 0.6) is 0 Å². The third-order valence-electron chi connectivity index (χ3n) is 3.70. The molecule has 7 heteroatoms. The predicted octanol–water partition coefficient (Wildman–Crippen LogP) is 1.21. The molecular formula is C15H20N6O. The minimum Gasteiger partial charge on any atom is -0.334 e. The van der Waals surface area contributed by atoms with Gasteiger partial charge in [0.25, 0.3) is 0 Å². The maximum Gasteiger partial charge on any atom is 0.320 e. The number of amides is 2. The molecule has 1 fully saturated rings. The number of carbonyl (C=O) groups excluding carboxylic acids is 1. The van der Waals surface area contributed by atoms with E-state index in [2.05, 4.69) is 50.1 Å². The monoisotopic (exact) mass is 300 g/mol. The summed E-state index contributed by atoms with van der Waals surface area (Å²) in [6.07, 6.45) is 2.62. The molecule has 22 heavy (non-hydrogen) atoms. The third kappa shape index (κ3) is 3.82. The molecule has 1 aliphatic rings. The van der Waals surface area contributed by atoms with E-state index in [1.807, 2.05) is 6.07 Å². The molecule has 3 rings (SSSR count). The minimum absolute atomic E-state index is 0.167. The van der Waals surface area contributed by atoms with Crippen molar-refractivity contribution < 1.29 is 4.79 Å². The minimum atomic E-state index is -0.230. The summed E-state index contributed by atoms with van der Waals surface area (Å²) >= 11 is 0. The molecule has 0 saturated carbocycles. The van der Waals surface area contributed by atoms with E-state index in [1.165, 1.54) is 5.56 Å². The van der Waals surface area contributed by atoms with E-state index in [4.69, 9.17) is 0 Å². The zero-order valence-electron chi connectivity index (χ0n) is 12.6. The molecule has 2 amide bonds. The second-order valence-corrected chi connectivity index (χ2v) is 5.58. The Morgan fingerprint density at radius 2 is 2.18 bits per heavy atom. The standard InChI is InChI=1S/C15H20N6O/c1-20-11-14(18-19-20)17-15(22)16-13-7-8-21(10-13)9-12-5-3-2-4-6-12/h2-6,11,13H,7-10H2,1H3,(H2,16,17,22)/t13-/m0/s1. The first-order chi connectivity index (χ1) is 10.7. The van der Waals surface area contributed by atoms with Crippen molar-refractivity contribution in [1.29, 1.82) is 0 Å². The van der Waals surface area contributed by atoms with E-state index in [0.717, 1.165) is 26.1 Å². The second-order valence-electron chi connectivity index (χ2n) is 5.58. The molecule has 2 aromatic rings. The molecule has 1 atom stereocenters. The summed E-state index contributed by atoms with van der Waals surface area (Å²) in [6, 6.07) is 10.3. The summed E-state index contributed by atoms with van der Waals surface area (Å²) in [5.41, 5.74) is 1.30. The number of hydrogen-bond donors (Lipinski definition) is 2. The van der Waals surface area contributed by atoms with Crippen LogP contribution >= 0.6 is 0 Å². The van der Waals surface area contributed by atoms with Gasteiger partial charge in [-0.1, -0.05) is 35.5 Å². The number of urea groups is 1. The summed E-state index contributed by atoms with van der Waals surface area (Å²) in [4.78, 5) is 14.3. The lowest BCUT2D eigenvalue weighted by atomic mass is 10.2. The average molecular weight is 300 g/mol. The maximum atomic E-state index is 11.9. The Morgan fingerprint density at radius 1 is 1.36 bits per heavy atom. The zero-order valence-corrected chi connectivity index (χ0v) is 12.6. The van der Waals surface area contributed by atoms with Crippen LogP contribution in [0.1, 0.15) is 12.0 Å². The van der Waals surface area contributed by atoms with Gasteiger partial charge in [-0.25, -0.2) is 4.79 Å². The van der Waals surface area contributed by atoms with Crippen molar-refractivity contribution >= 4 is 11.8 Å². The van der Waals surface area contributed by atoms with Crippen LogP contribution in [0.4, 0.5) is 10.6 Å². The van der Waals surface area contributed by atoms with E-state index in [-0.39, 0.29) is 12.1 Å². The van der Waals surface area contributed by atoms with Crippen LogP contribution in [0.25, 0.3) is 0 Å². The van der Waals surface area contributed by atoms with Crippen LogP contribution in [-0.2, 0) is 13.6 Å². The first-order valence-corrected chi connectivity index (χ1v) is 7.39. The van der Waals surface area contributed by atoms with Crippen LogP contribution in [0.15, 0.2) is 36.5 Å². The highest BCUT2D eigenvalue weighted by Gasteiger charge is 2.23. The lowest BCUT2D eigenvalue weighted by molar-refractivity contribution is 0.247. The van der Waals surface area contributed by atoms with Gasteiger partial charge in [-0.05, 0) is 12.0 Å². The largest absolute Gasteiger partial charge is 0.334 e. The smallest absolute Gasteiger partial charge is 0.320 e. The summed E-state index contributed by atoms with van der Waals surface area (Å²) in [6.45, 7) is 2.78. The van der Waals surface area contributed by atoms with Gasteiger partial charge in [-0.2, -0.15) is 0 Å². The van der Waals surface area contributed by atoms with Crippen LogP contribution in [-0.4, -0.2) is 45.1 Å². The van der Waals surface area contributed by atoms with E-state index in [9.17, 15) is 4.79 Å². The fraction of sp³-hybridized carbons (Fsp3) is 0.400. The average Bonchev–Trinajstić information content (AvgIpc) is 3.09. The molecule has 116 valence electrons. The first-order valence-electron chi connectivity index (χ1n) is 7.39. The lowest BCUT2D eigenvalue weighted by Gasteiger charge is -2.16. The summed E-state index contributed by atoms with van der Waals surface area (Å²) in [5, 5.41) is 13.3. The third-order valence-corrected chi connectivity index (χ3v) is 3.70. The Hall–Kier alpha value is -2.41. The molecule has 2 heterocycles. The number of aromatic nitrogens is 3. The van der Waals surface area contributed by atoms with Gasteiger partial charge in [-0.3, -0.25) is 14.9 Å². The summed E-state index contributed by atoms with van der Waals surface area (Å²) in [5.74, 6) is 0.458. The molecule has 0 radical (unpaired) electrons. The van der Waals surface area contributed by atoms with Crippen molar-refractivity contribution in [2.75, 3.05) is 18.4 Å². The molecule has 1 aromatic carbocycles. The Balaban J connectivity index is 1.45. The van der Waals surface area contributed by atoms with Gasteiger partial charge in [0, 0.05) is 32.7 Å². The Kier molecular flexibility index (Phi) is 4.34. The molecule has 1 aromatic heterocycles. The van der Waals surface area contributed by atoms with Crippen LogP contribution in [0, 0.1) is 0 Å². The predicted molar refractivity (Wildman–Crippen MR) is 83.3 cm³/mol. The topological polar surface area (TPSA) is 75.1 Å². The SMILES string of the molecule is Cn1cc(NC(=O)N[C@H]2CCN(Cc3ccccc3)C2)nn1. The highest BCUT2D eigenvalue weighted by Crippen LogP contribution is 2.13. The maximum absolute atomic E-state index is 11.9. The van der Waals surface area contributed by atoms with E-state index in [1.54, 1.807) is 17.9 Å². The lowest BCUT2D eigenvalue weighted by Crippen LogP contribution is -2.39. The van der Waals surface area contributed by atoms with Gasteiger partial charge in [0.05, 0.1) is 6.20 Å². The molecule has 2 N–H and O–H groups in total. The molecule has 1 saturated heterocycles. The number of rotatable bonds is 4. The first kappa shape index (κ1) is 14.5. The van der Waals surface area contributed by atoms with Gasteiger partial charge < -0.3 is 5.32 Å². The number of hydrogen-bond acceptors (Lipinski definition) is 4. The highest BCUT2D eigenvalue weighted by atomic mass is 16.2. The molecule has 0 unspecified atom stereocenters. The van der Waals surface area contributed by atoms with Crippen LogP contribution in [0.2, 0.25) is 0 Å². The second kappa shape index (κ2) is 6.57. The number of carbonyl (C=O) groups is 1. The van der Waals surface area contributed by atoms with Crippen molar-refractivity contribution in [3.63, 3.8) is 0 Å². The van der Waals surface area contributed by atoms with Gasteiger partial charge in [0.2, 0.25) is 0 Å². The molecule has 1 aliphatic heterocycles. The number of likely N-dealkylation sites (tertiary alicyclic amines) is 1. The normalized spacial score (nSPS) is 18.3. The van der Waals surface area contributed by atoms with Gasteiger partial charge in [0.15, 0.2) is 5.82 Å². The Labute approximate surface area is 129 Å². The fourth-order valence-corrected chi connectivity index (χ4v) is 2.68. The number of nitrogens with zero attached hydrogens (tertiary/aromatic N) is 4.